The molecule has 3 aromatic rings. The molecule has 1 aliphatic rings. The number of carboxylic acid groups (broad SMARTS) is 1. The molecular weight excluding hydrogens is 450 g/mol. The van der Waals surface area contributed by atoms with Crippen molar-refractivity contribution in [2.75, 3.05) is 18.5 Å². The second-order valence-electron chi connectivity index (χ2n) is 7.93. The zero-order valence-corrected chi connectivity index (χ0v) is 19.1. The van der Waals surface area contributed by atoms with Gasteiger partial charge in [-0.15, -0.1) is 0 Å². The monoisotopic (exact) mass is 475 g/mol. The molecule has 0 saturated carbocycles. The highest BCUT2D eigenvalue weighted by atomic mass is 16.5. The lowest BCUT2D eigenvalue weighted by Gasteiger charge is -2.18. The van der Waals surface area contributed by atoms with Crippen molar-refractivity contribution in [1.82, 2.24) is 10.3 Å². The van der Waals surface area contributed by atoms with Crippen LogP contribution in [0.4, 0.5) is 10.5 Å². The van der Waals surface area contributed by atoms with Gasteiger partial charge in [-0.25, -0.2) is 9.78 Å². The maximum Gasteiger partial charge on any atom is 0.407 e. The number of carbonyl (C=O) groups excluding carboxylic acids is 2. The minimum Gasteiger partial charge on any atom is -0.481 e. The third kappa shape index (κ3) is 5.57. The predicted octanol–water partition coefficient (Wildman–Crippen LogP) is 3.80. The third-order valence-electron chi connectivity index (χ3n) is 5.63. The number of amides is 2. The van der Waals surface area contributed by atoms with Crippen LogP contribution < -0.4 is 15.4 Å². The summed E-state index contributed by atoms with van der Waals surface area (Å²) < 4.78 is 10.7. The quantitative estimate of drug-likeness (QED) is 0.430. The summed E-state index contributed by atoms with van der Waals surface area (Å²) in [5, 5.41) is 14.2. The first kappa shape index (κ1) is 23.7. The van der Waals surface area contributed by atoms with Crippen LogP contribution in [0.25, 0.3) is 11.1 Å². The lowest BCUT2D eigenvalue weighted by molar-refractivity contribution is -0.139. The van der Waals surface area contributed by atoms with Crippen LogP contribution in [-0.2, 0) is 14.3 Å². The number of aliphatic carboxylic acids is 1. The maximum atomic E-state index is 12.7. The van der Waals surface area contributed by atoms with Crippen LogP contribution in [0.15, 0.2) is 66.9 Å². The number of alkyl carbamates (subject to hydrolysis) is 1. The molecule has 1 aliphatic carbocycles. The average Bonchev–Trinajstić information content (AvgIpc) is 3.17. The number of anilines is 1. The van der Waals surface area contributed by atoms with Gasteiger partial charge in [0.05, 0.1) is 24.9 Å². The summed E-state index contributed by atoms with van der Waals surface area (Å²) in [5.74, 6) is -1.71. The fourth-order valence-corrected chi connectivity index (χ4v) is 4.08. The Morgan fingerprint density at radius 2 is 1.66 bits per heavy atom. The zero-order chi connectivity index (χ0) is 24.8. The molecule has 0 fully saturated rings. The summed E-state index contributed by atoms with van der Waals surface area (Å²) in [6.45, 7) is 2.32. The Morgan fingerprint density at radius 3 is 2.23 bits per heavy atom. The van der Waals surface area contributed by atoms with Gasteiger partial charge in [0.2, 0.25) is 11.8 Å². The van der Waals surface area contributed by atoms with Gasteiger partial charge in [-0.05, 0) is 35.2 Å². The molecule has 2 aromatic carbocycles. The molecule has 0 bridgehead atoms. The molecule has 0 radical (unpaired) electrons. The fraction of sp³-hybridized carbons (Fsp3) is 0.231. The van der Waals surface area contributed by atoms with Crippen molar-refractivity contribution < 1.29 is 29.0 Å². The molecule has 1 atom stereocenters. The molecule has 35 heavy (non-hydrogen) atoms. The Bertz CT molecular complexity index is 1180. The van der Waals surface area contributed by atoms with Crippen LogP contribution in [0.5, 0.6) is 5.88 Å². The Kier molecular flexibility index (Phi) is 7.25. The van der Waals surface area contributed by atoms with E-state index < -0.39 is 30.4 Å². The molecule has 0 aliphatic heterocycles. The summed E-state index contributed by atoms with van der Waals surface area (Å²) >= 11 is 0. The Morgan fingerprint density at radius 1 is 1.00 bits per heavy atom. The second-order valence-corrected chi connectivity index (χ2v) is 7.93. The largest absolute Gasteiger partial charge is 0.481 e. The van der Waals surface area contributed by atoms with E-state index in [2.05, 4.69) is 15.6 Å². The first-order valence-electron chi connectivity index (χ1n) is 11.2. The highest BCUT2D eigenvalue weighted by Crippen LogP contribution is 2.44. The lowest BCUT2D eigenvalue weighted by Crippen LogP contribution is -2.45. The highest BCUT2D eigenvalue weighted by Gasteiger charge is 2.30. The molecule has 1 heterocycles. The number of carboxylic acids is 1. The highest BCUT2D eigenvalue weighted by molar-refractivity contribution is 5.98. The van der Waals surface area contributed by atoms with Gasteiger partial charge in [0.1, 0.15) is 12.6 Å². The Balaban J connectivity index is 1.40. The molecule has 4 rings (SSSR count). The number of aromatic nitrogens is 1. The summed E-state index contributed by atoms with van der Waals surface area (Å²) in [5.41, 5.74) is 4.60. The molecule has 1 aromatic heterocycles. The first-order valence-corrected chi connectivity index (χ1v) is 11.2. The standard InChI is InChI=1S/C26H25N3O6/c1-2-34-23-12-11-16(14-27-23)28-25(32)22(13-24(30)31)29-26(33)35-15-21-19-9-5-3-7-17(19)18-8-4-6-10-20(18)21/h3-12,14,21-22H,2,13,15H2,1H3,(H,28,32)(H,29,33)(H,30,31). The van der Waals surface area contributed by atoms with Gasteiger partial charge in [0.25, 0.3) is 0 Å². The van der Waals surface area contributed by atoms with Crippen molar-refractivity contribution in [2.45, 2.75) is 25.3 Å². The van der Waals surface area contributed by atoms with Crippen LogP contribution in [-0.4, -0.2) is 47.3 Å². The normalized spacial score (nSPS) is 12.7. The second kappa shape index (κ2) is 10.7. The van der Waals surface area contributed by atoms with Gasteiger partial charge in [-0.1, -0.05) is 48.5 Å². The van der Waals surface area contributed by atoms with E-state index in [0.717, 1.165) is 22.3 Å². The van der Waals surface area contributed by atoms with Crippen molar-refractivity contribution >= 4 is 23.7 Å². The van der Waals surface area contributed by atoms with Crippen molar-refractivity contribution in [1.29, 1.82) is 0 Å². The topological polar surface area (TPSA) is 127 Å². The molecule has 9 nitrogen and oxygen atoms in total. The van der Waals surface area contributed by atoms with E-state index in [4.69, 9.17) is 9.47 Å². The number of carbonyl (C=O) groups is 3. The molecule has 0 spiro atoms. The summed E-state index contributed by atoms with van der Waals surface area (Å²) in [7, 11) is 0. The van der Waals surface area contributed by atoms with Crippen LogP contribution in [0.2, 0.25) is 0 Å². The van der Waals surface area contributed by atoms with E-state index in [1.54, 1.807) is 12.1 Å². The van der Waals surface area contributed by atoms with Crippen molar-refractivity contribution in [3.8, 4) is 17.0 Å². The first-order chi connectivity index (χ1) is 17.0. The van der Waals surface area contributed by atoms with E-state index in [1.165, 1.54) is 6.20 Å². The van der Waals surface area contributed by atoms with E-state index in [0.29, 0.717) is 18.2 Å². The molecule has 9 heteroatoms. The minimum atomic E-state index is -1.34. The van der Waals surface area contributed by atoms with Crippen LogP contribution in [0.1, 0.15) is 30.4 Å². The number of hydrogen-bond acceptors (Lipinski definition) is 6. The average molecular weight is 476 g/mol. The summed E-state index contributed by atoms with van der Waals surface area (Å²) in [6, 6.07) is 17.6. The molecule has 2 amide bonds. The smallest absolute Gasteiger partial charge is 0.407 e. The number of pyridine rings is 1. The molecule has 1 unspecified atom stereocenters. The van der Waals surface area contributed by atoms with E-state index in [-0.39, 0.29) is 12.5 Å². The number of fused-ring (bicyclic) bond motifs is 3. The van der Waals surface area contributed by atoms with Gasteiger partial charge in [0, 0.05) is 12.0 Å². The van der Waals surface area contributed by atoms with E-state index in [1.807, 2.05) is 55.5 Å². The number of rotatable bonds is 9. The van der Waals surface area contributed by atoms with Crippen molar-refractivity contribution in [3.63, 3.8) is 0 Å². The lowest BCUT2D eigenvalue weighted by atomic mass is 9.98. The van der Waals surface area contributed by atoms with Crippen LogP contribution >= 0.6 is 0 Å². The van der Waals surface area contributed by atoms with Gasteiger partial charge in [-0.3, -0.25) is 9.59 Å². The number of nitrogens with zero attached hydrogens (tertiary/aromatic N) is 1. The van der Waals surface area contributed by atoms with Gasteiger partial charge < -0.3 is 25.2 Å². The van der Waals surface area contributed by atoms with Gasteiger partial charge in [-0.2, -0.15) is 0 Å². The van der Waals surface area contributed by atoms with Crippen molar-refractivity contribution in [2.24, 2.45) is 0 Å². The number of hydrogen-bond donors (Lipinski definition) is 3. The predicted molar refractivity (Wildman–Crippen MR) is 128 cm³/mol. The minimum absolute atomic E-state index is 0.0457. The van der Waals surface area contributed by atoms with Gasteiger partial charge in [0.15, 0.2) is 0 Å². The number of ether oxygens (including phenoxy) is 2. The Labute approximate surface area is 202 Å². The van der Waals surface area contributed by atoms with Crippen molar-refractivity contribution in [3.05, 3.63) is 78.0 Å². The summed E-state index contributed by atoms with van der Waals surface area (Å²) in [6.07, 6.45) is -0.104. The van der Waals surface area contributed by atoms with Crippen LogP contribution in [0.3, 0.4) is 0 Å². The zero-order valence-electron chi connectivity index (χ0n) is 19.1. The summed E-state index contributed by atoms with van der Waals surface area (Å²) in [4.78, 5) is 40.6. The number of benzene rings is 2. The van der Waals surface area contributed by atoms with Gasteiger partial charge >= 0.3 is 12.1 Å². The van der Waals surface area contributed by atoms with Crippen LogP contribution in [0, 0.1) is 0 Å². The molecular formula is C26H25N3O6. The molecule has 0 saturated heterocycles. The molecule has 3 N–H and O–H groups in total. The molecule has 180 valence electrons. The number of nitrogens with one attached hydrogen (secondary N) is 2. The maximum absolute atomic E-state index is 12.7. The fourth-order valence-electron chi connectivity index (χ4n) is 4.08. The van der Waals surface area contributed by atoms with E-state index >= 15 is 0 Å². The third-order valence-corrected chi connectivity index (χ3v) is 5.63. The SMILES string of the molecule is CCOc1ccc(NC(=O)C(CC(=O)O)NC(=O)OCC2c3ccccc3-c3ccccc32)cn1. The van der Waals surface area contributed by atoms with E-state index in [9.17, 15) is 19.5 Å². The Hall–Kier alpha value is -4.40.